The fourth-order valence-electron chi connectivity index (χ4n) is 2.05. The first-order chi connectivity index (χ1) is 9.58. The van der Waals surface area contributed by atoms with Crippen LogP contribution in [-0.2, 0) is 0 Å². The molecule has 0 radical (unpaired) electrons. The lowest BCUT2D eigenvalue weighted by atomic mass is 10.1. The molecule has 0 aliphatic rings. The van der Waals surface area contributed by atoms with E-state index in [-0.39, 0.29) is 6.10 Å². The maximum absolute atomic E-state index is 5.97. The fourth-order valence-corrected chi connectivity index (χ4v) is 2.43. The van der Waals surface area contributed by atoms with E-state index in [1.807, 2.05) is 6.07 Å². The van der Waals surface area contributed by atoms with E-state index < -0.39 is 0 Å². The van der Waals surface area contributed by atoms with Crippen LogP contribution in [0.1, 0.15) is 27.2 Å². The van der Waals surface area contributed by atoms with E-state index in [1.165, 1.54) is 10.8 Å². The molecule has 2 unspecified atom stereocenters. The molecule has 0 heterocycles. The van der Waals surface area contributed by atoms with Crippen LogP contribution in [0.3, 0.4) is 0 Å². The average Bonchev–Trinajstić information content (AvgIpc) is 2.45. The number of benzene rings is 2. The Kier molecular flexibility index (Phi) is 5.44. The Morgan fingerprint density at radius 1 is 1.10 bits per heavy atom. The lowest BCUT2D eigenvalue weighted by Gasteiger charge is -2.18. The molecule has 2 aromatic carbocycles. The van der Waals surface area contributed by atoms with Crippen LogP contribution in [0.2, 0.25) is 0 Å². The van der Waals surface area contributed by atoms with Gasteiger partial charge in [0.2, 0.25) is 0 Å². The van der Waals surface area contributed by atoms with Crippen LogP contribution in [-0.4, -0.2) is 18.7 Å². The third-order valence-electron chi connectivity index (χ3n) is 3.48. The van der Waals surface area contributed by atoms with Gasteiger partial charge in [0.15, 0.2) is 0 Å². The van der Waals surface area contributed by atoms with E-state index in [0.29, 0.717) is 6.04 Å². The summed E-state index contributed by atoms with van der Waals surface area (Å²) in [7, 11) is 0. The van der Waals surface area contributed by atoms with Crippen molar-refractivity contribution in [2.75, 3.05) is 6.54 Å². The number of halogens is 1. The summed E-state index contributed by atoms with van der Waals surface area (Å²) in [5.74, 6) is 0.929. The summed E-state index contributed by atoms with van der Waals surface area (Å²) < 4.78 is 7.08. The minimum Gasteiger partial charge on any atom is -0.489 e. The first-order valence-electron chi connectivity index (χ1n) is 7.18. The average molecular weight is 336 g/mol. The number of hydrogen-bond acceptors (Lipinski definition) is 2. The first kappa shape index (κ1) is 15.3. The van der Waals surface area contributed by atoms with Gasteiger partial charge < -0.3 is 10.1 Å². The second-order valence-corrected chi connectivity index (χ2v) is 6.21. The van der Waals surface area contributed by atoms with Crippen LogP contribution in [0, 0.1) is 0 Å². The lowest BCUT2D eigenvalue weighted by molar-refractivity contribution is 0.212. The van der Waals surface area contributed by atoms with E-state index in [2.05, 4.69) is 72.3 Å². The largest absolute Gasteiger partial charge is 0.489 e. The minimum absolute atomic E-state index is 0.164. The minimum atomic E-state index is 0.164. The van der Waals surface area contributed by atoms with Gasteiger partial charge in [0.05, 0.1) is 0 Å². The standard InChI is InChI=1S/C17H22BrNO/c1-4-12(2)19-11-13(3)20-17-8-6-14-9-16(18)7-5-15(14)10-17/h5-10,12-13,19H,4,11H2,1-3H3. The van der Waals surface area contributed by atoms with Gasteiger partial charge in [-0.1, -0.05) is 35.0 Å². The van der Waals surface area contributed by atoms with Gasteiger partial charge in [-0.05, 0) is 55.3 Å². The molecule has 108 valence electrons. The predicted molar refractivity (Wildman–Crippen MR) is 89.5 cm³/mol. The van der Waals surface area contributed by atoms with Crippen LogP contribution in [0.5, 0.6) is 5.75 Å². The molecule has 0 saturated heterocycles. The number of nitrogens with one attached hydrogen (secondary N) is 1. The third-order valence-corrected chi connectivity index (χ3v) is 3.97. The van der Waals surface area contributed by atoms with Crippen molar-refractivity contribution in [3.8, 4) is 5.75 Å². The maximum Gasteiger partial charge on any atom is 0.120 e. The molecular weight excluding hydrogens is 314 g/mol. The van der Waals surface area contributed by atoms with Gasteiger partial charge in [-0.3, -0.25) is 0 Å². The van der Waals surface area contributed by atoms with Crippen molar-refractivity contribution in [1.29, 1.82) is 0 Å². The predicted octanol–water partition coefficient (Wildman–Crippen LogP) is 4.76. The molecule has 0 saturated carbocycles. The number of hydrogen-bond donors (Lipinski definition) is 1. The van der Waals surface area contributed by atoms with Crippen molar-refractivity contribution in [1.82, 2.24) is 5.32 Å². The molecule has 0 aromatic heterocycles. The summed E-state index contributed by atoms with van der Waals surface area (Å²) in [5.41, 5.74) is 0. The van der Waals surface area contributed by atoms with Crippen molar-refractivity contribution in [2.24, 2.45) is 0 Å². The summed E-state index contributed by atoms with van der Waals surface area (Å²) in [6.45, 7) is 7.35. The second kappa shape index (κ2) is 7.09. The van der Waals surface area contributed by atoms with Crippen molar-refractivity contribution in [2.45, 2.75) is 39.3 Å². The molecule has 3 heteroatoms. The summed E-state index contributed by atoms with van der Waals surface area (Å²) in [5, 5.41) is 5.89. The normalized spacial score (nSPS) is 14.2. The topological polar surface area (TPSA) is 21.3 Å². The van der Waals surface area contributed by atoms with E-state index in [0.717, 1.165) is 23.2 Å². The van der Waals surface area contributed by atoms with Crippen LogP contribution in [0.4, 0.5) is 0 Å². The van der Waals surface area contributed by atoms with E-state index in [1.54, 1.807) is 0 Å². The van der Waals surface area contributed by atoms with E-state index in [4.69, 9.17) is 4.74 Å². The van der Waals surface area contributed by atoms with Gasteiger partial charge in [0.1, 0.15) is 11.9 Å². The van der Waals surface area contributed by atoms with Crippen molar-refractivity contribution in [3.63, 3.8) is 0 Å². The Hall–Kier alpha value is -1.06. The SMILES string of the molecule is CCC(C)NCC(C)Oc1ccc2cc(Br)ccc2c1. The molecule has 2 aromatic rings. The highest BCUT2D eigenvalue weighted by molar-refractivity contribution is 9.10. The van der Waals surface area contributed by atoms with Crippen LogP contribution in [0.25, 0.3) is 10.8 Å². The van der Waals surface area contributed by atoms with Crippen molar-refractivity contribution >= 4 is 26.7 Å². The molecule has 0 bridgehead atoms. The van der Waals surface area contributed by atoms with Gasteiger partial charge >= 0.3 is 0 Å². The number of fused-ring (bicyclic) bond motifs is 1. The zero-order valence-electron chi connectivity index (χ0n) is 12.3. The fraction of sp³-hybridized carbons (Fsp3) is 0.412. The zero-order chi connectivity index (χ0) is 14.5. The molecule has 20 heavy (non-hydrogen) atoms. The molecule has 2 rings (SSSR count). The number of rotatable bonds is 6. The Bertz CT molecular complexity index is 570. The molecule has 2 nitrogen and oxygen atoms in total. The van der Waals surface area contributed by atoms with E-state index in [9.17, 15) is 0 Å². The molecule has 2 atom stereocenters. The Balaban J connectivity index is 2.00. The van der Waals surface area contributed by atoms with Gasteiger partial charge in [-0.15, -0.1) is 0 Å². The highest BCUT2D eigenvalue weighted by atomic mass is 79.9. The highest BCUT2D eigenvalue weighted by Crippen LogP contribution is 2.24. The zero-order valence-corrected chi connectivity index (χ0v) is 13.9. The monoisotopic (exact) mass is 335 g/mol. The van der Waals surface area contributed by atoms with Crippen LogP contribution in [0.15, 0.2) is 40.9 Å². The third kappa shape index (κ3) is 4.22. The van der Waals surface area contributed by atoms with Gasteiger partial charge in [-0.25, -0.2) is 0 Å². The summed E-state index contributed by atoms with van der Waals surface area (Å²) in [6, 6.07) is 13.1. The Morgan fingerprint density at radius 2 is 1.80 bits per heavy atom. The smallest absolute Gasteiger partial charge is 0.120 e. The summed E-state index contributed by atoms with van der Waals surface area (Å²) in [4.78, 5) is 0. The quantitative estimate of drug-likeness (QED) is 0.821. The molecule has 0 amide bonds. The van der Waals surface area contributed by atoms with Gasteiger partial charge in [-0.2, -0.15) is 0 Å². The molecule has 0 spiro atoms. The van der Waals surface area contributed by atoms with Crippen LogP contribution < -0.4 is 10.1 Å². The van der Waals surface area contributed by atoms with Gasteiger partial charge in [0, 0.05) is 17.1 Å². The van der Waals surface area contributed by atoms with Crippen LogP contribution >= 0.6 is 15.9 Å². The van der Waals surface area contributed by atoms with Crippen molar-refractivity contribution < 1.29 is 4.74 Å². The first-order valence-corrected chi connectivity index (χ1v) is 7.97. The molecule has 0 aliphatic heterocycles. The molecule has 0 fully saturated rings. The maximum atomic E-state index is 5.97. The number of ether oxygens (including phenoxy) is 1. The molecular formula is C17H22BrNO. The van der Waals surface area contributed by atoms with Gasteiger partial charge in [0.25, 0.3) is 0 Å². The Labute approximate surface area is 129 Å². The van der Waals surface area contributed by atoms with Crippen molar-refractivity contribution in [3.05, 3.63) is 40.9 Å². The van der Waals surface area contributed by atoms with E-state index >= 15 is 0 Å². The summed E-state index contributed by atoms with van der Waals surface area (Å²) >= 11 is 3.49. The molecule has 0 aliphatic carbocycles. The summed E-state index contributed by atoms with van der Waals surface area (Å²) in [6.07, 6.45) is 1.30. The Morgan fingerprint density at radius 3 is 2.55 bits per heavy atom. The molecule has 1 N–H and O–H groups in total. The lowest BCUT2D eigenvalue weighted by Crippen LogP contribution is -2.34. The highest BCUT2D eigenvalue weighted by Gasteiger charge is 2.06. The second-order valence-electron chi connectivity index (χ2n) is 5.30.